The summed E-state index contributed by atoms with van der Waals surface area (Å²) in [5, 5.41) is 3.07. The molecule has 0 aliphatic carbocycles. The SMILES string of the molecule is COC(=O)c1ccc(NC(=O)CN(c2ccc(Cl)cc2)S(=O)(=O)c2cc(C)ccc2OC)cc1. The molecular formula is C24H23ClN2O6S. The van der Waals surface area contributed by atoms with Crippen LogP contribution in [0, 0.1) is 6.92 Å². The fourth-order valence-electron chi connectivity index (χ4n) is 3.17. The van der Waals surface area contributed by atoms with Gasteiger partial charge in [-0.2, -0.15) is 0 Å². The lowest BCUT2D eigenvalue weighted by Gasteiger charge is -2.25. The molecule has 178 valence electrons. The molecule has 0 atom stereocenters. The lowest BCUT2D eigenvalue weighted by Crippen LogP contribution is -2.38. The van der Waals surface area contributed by atoms with Gasteiger partial charge in [-0.25, -0.2) is 13.2 Å². The van der Waals surface area contributed by atoms with Crippen molar-refractivity contribution in [3.63, 3.8) is 0 Å². The number of sulfonamides is 1. The molecule has 0 bridgehead atoms. The van der Waals surface area contributed by atoms with Gasteiger partial charge in [0.15, 0.2) is 0 Å². The van der Waals surface area contributed by atoms with Gasteiger partial charge in [-0.15, -0.1) is 0 Å². The molecule has 0 saturated carbocycles. The van der Waals surface area contributed by atoms with E-state index in [0.717, 1.165) is 4.31 Å². The van der Waals surface area contributed by atoms with E-state index >= 15 is 0 Å². The summed E-state index contributed by atoms with van der Waals surface area (Å²) in [6, 6.07) is 16.9. The van der Waals surface area contributed by atoms with Crippen LogP contribution in [0.3, 0.4) is 0 Å². The summed E-state index contributed by atoms with van der Waals surface area (Å²) in [6.45, 7) is 1.25. The third-order valence-electron chi connectivity index (χ3n) is 4.88. The minimum atomic E-state index is -4.20. The highest BCUT2D eigenvalue weighted by Crippen LogP contribution is 2.31. The Bertz CT molecular complexity index is 1290. The van der Waals surface area contributed by atoms with Crippen LogP contribution in [0.25, 0.3) is 0 Å². The van der Waals surface area contributed by atoms with Gasteiger partial charge in [0.25, 0.3) is 10.0 Å². The summed E-state index contributed by atoms with van der Waals surface area (Å²) in [7, 11) is -1.55. The molecule has 3 aromatic rings. The average Bonchev–Trinajstić information content (AvgIpc) is 2.83. The quantitative estimate of drug-likeness (QED) is 0.461. The highest BCUT2D eigenvalue weighted by molar-refractivity contribution is 7.93. The Labute approximate surface area is 203 Å². The van der Waals surface area contributed by atoms with Gasteiger partial charge in [0.05, 0.1) is 25.5 Å². The summed E-state index contributed by atoms with van der Waals surface area (Å²) in [5.74, 6) is -0.940. The monoisotopic (exact) mass is 502 g/mol. The number of hydrogen-bond acceptors (Lipinski definition) is 6. The third kappa shape index (κ3) is 5.67. The molecule has 3 aromatic carbocycles. The van der Waals surface area contributed by atoms with E-state index in [0.29, 0.717) is 21.8 Å². The summed E-state index contributed by atoms with van der Waals surface area (Å²) in [6.07, 6.45) is 0. The van der Waals surface area contributed by atoms with E-state index in [1.807, 2.05) is 0 Å². The van der Waals surface area contributed by atoms with Crippen molar-refractivity contribution in [2.45, 2.75) is 11.8 Å². The number of nitrogens with one attached hydrogen (secondary N) is 1. The van der Waals surface area contributed by atoms with Crippen molar-refractivity contribution in [2.75, 3.05) is 30.4 Å². The minimum Gasteiger partial charge on any atom is -0.495 e. The predicted octanol–water partition coefficient (Wildman–Crippen LogP) is 4.28. The molecule has 34 heavy (non-hydrogen) atoms. The normalized spacial score (nSPS) is 10.9. The molecular weight excluding hydrogens is 480 g/mol. The molecule has 0 radical (unpaired) electrons. The summed E-state index contributed by atoms with van der Waals surface area (Å²) in [5.41, 5.74) is 1.67. The van der Waals surface area contributed by atoms with Gasteiger partial charge in [0, 0.05) is 10.7 Å². The van der Waals surface area contributed by atoms with E-state index < -0.39 is 28.4 Å². The highest BCUT2D eigenvalue weighted by atomic mass is 35.5. The Kier molecular flexibility index (Phi) is 7.80. The minimum absolute atomic E-state index is 0.0693. The van der Waals surface area contributed by atoms with Crippen LogP contribution in [0.15, 0.2) is 71.6 Å². The number of amides is 1. The van der Waals surface area contributed by atoms with E-state index in [1.54, 1.807) is 19.1 Å². The number of esters is 1. The van der Waals surface area contributed by atoms with Crippen LogP contribution in [0.1, 0.15) is 15.9 Å². The molecule has 3 rings (SSSR count). The first-order valence-corrected chi connectivity index (χ1v) is 11.9. The maximum Gasteiger partial charge on any atom is 0.337 e. The van der Waals surface area contributed by atoms with Crippen LogP contribution in [-0.4, -0.2) is 41.1 Å². The molecule has 0 heterocycles. The van der Waals surface area contributed by atoms with E-state index in [-0.39, 0.29) is 16.3 Å². The zero-order valence-corrected chi connectivity index (χ0v) is 20.3. The molecule has 0 unspecified atom stereocenters. The second kappa shape index (κ2) is 10.6. The average molecular weight is 503 g/mol. The molecule has 0 aliphatic rings. The van der Waals surface area contributed by atoms with E-state index in [4.69, 9.17) is 16.3 Å². The van der Waals surface area contributed by atoms with Gasteiger partial charge in [-0.05, 0) is 73.2 Å². The third-order valence-corrected chi connectivity index (χ3v) is 6.93. The Balaban J connectivity index is 1.94. The molecule has 10 heteroatoms. The molecule has 0 aliphatic heterocycles. The number of benzene rings is 3. The smallest absolute Gasteiger partial charge is 0.337 e. The van der Waals surface area contributed by atoms with Crippen LogP contribution in [0.4, 0.5) is 11.4 Å². The molecule has 1 N–H and O–H groups in total. The number of rotatable bonds is 8. The fraction of sp³-hybridized carbons (Fsp3) is 0.167. The van der Waals surface area contributed by atoms with Crippen LogP contribution >= 0.6 is 11.6 Å². The molecule has 0 spiro atoms. The standard InChI is InChI=1S/C24H23ClN2O6S/c1-16-4-13-21(32-2)22(14-16)34(30,31)27(20-11-7-18(25)8-12-20)15-23(28)26-19-9-5-17(6-10-19)24(29)33-3/h4-14H,15H2,1-3H3,(H,26,28). The number of methoxy groups -OCH3 is 2. The summed E-state index contributed by atoms with van der Waals surface area (Å²) >= 11 is 5.97. The maximum absolute atomic E-state index is 13.7. The maximum atomic E-state index is 13.7. The first-order valence-electron chi connectivity index (χ1n) is 10.1. The number of nitrogens with zero attached hydrogens (tertiary/aromatic N) is 1. The predicted molar refractivity (Wildman–Crippen MR) is 130 cm³/mol. The lowest BCUT2D eigenvalue weighted by atomic mass is 10.2. The van der Waals surface area contributed by atoms with Crippen molar-refractivity contribution < 1.29 is 27.5 Å². The van der Waals surface area contributed by atoms with Crippen molar-refractivity contribution in [1.82, 2.24) is 0 Å². The number of aryl methyl sites for hydroxylation is 1. The van der Waals surface area contributed by atoms with Crippen LogP contribution in [-0.2, 0) is 19.6 Å². The van der Waals surface area contributed by atoms with E-state index in [9.17, 15) is 18.0 Å². The summed E-state index contributed by atoms with van der Waals surface area (Å²) < 4.78 is 38.3. The lowest BCUT2D eigenvalue weighted by molar-refractivity contribution is -0.114. The molecule has 0 aromatic heterocycles. The molecule has 0 saturated heterocycles. The van der Waals surface area contributed by atoms with Crippen LogP contribution < -0.4 is 14.4 Å². The fourth-order valence-corrected chi connectivity index (χ4v) is 4.96. The Morgan fingerprint density at radius 1 is 0.971 bits per heavy atom. The summed E-state index contributed by atoms with van der Waals surface area (Å²) in [4.78, 5) is 24.4. The Morgan fingerprint density at radius 2 is 1.62 bits per heavy atom. The molecule has 0 fully saturated rings. The number of ether oxygens (including phenoxy) is 2. The Hall–Kier alpha value is -3.56. The van der Waals surface area contributed by atoms with Crippen molar-refractivity contribution in [1.29, 1.82) is 0 Å². The second-order valence-electron chi connectivity index (χ2n) is 7.26. The number of halogens is 1. The number of hydrogen-bond donors (Lipinski definition) is 1. The van der Waals surface area contributed by atoms with Crippen molar-refractivity contribution >= 4 is 44.9 Å². The largest absolute Gasteiger partial charge is 0.495 e. The number of carbonyl (C=O) groups excluding carboxylic acids is 2. The van der Waals surface area contributed by atoms with Gasteiger partial charge in [-0.1, -0.05) is 17.7 Å². The zero-order chi connectivity index (χ0) is 24.9. The first-order chi connectivity index (χ1) is 16.1. The second-order valence-corrected chi connectivity index (χ2v) is 9.53. The van der Waals surface area contributed by atoms with Gasteiger partial charge < -0.3 is 14.8 Å². The van der Waals surface area contributed by atoms with Gasteiger partial charge >= 0.3 is 5.97 Å². The first kappa shape index (κ1) is 25.1. The molecule has 1 amide bonds. The van der Waals surface area contributed by atoms with E-state index in [2.05, 4.69) is 10.1 Å². The molecule has 8 nitrogen and oxygen atoms in total. The van der Waals surface area contributed by atoms with Crippen molar-refractivity contribution in [2.24, 2.45) is 0 Å². The van der Waals surface area contributed by atoms with Crippen LogP contribution in [0.2, 0.25) is 5.02 Å². The number of carbonyl (C=O) groups is 2. The van der Waals surface area contributed by atoms with Gasteiger partial charge in [-0.3, -0.25) is 9.10 Å². The van der Waals surface area contributed by atoms with Gasteiger partial charge in [0.1, 0.15) is 17.2 Å². The topological polar surface area (TPSA) is 102 Å². The van der Waals surface area contributed by atoms with Crippen LogP contribution in [0.5, 0.6) is 5.75 Å². The highest BCUT2D eigenvalue weighted by Gasteiger charge is 2.30. The Morgan fingerprint density at radius 3 is 2.21 bits per heavy atom. The van der Waals surface area contributed by atoms with Gasteiger partial charge in [0.2, 0.25) is 5.91 Å². The van der Waals surface area contributed by atoms with Crippen molar-refractivity contribution in [3.05, 3.63) is 82.9 Å². The van der Waals surface area contributed by atoms with Crippen molar-refractivity contribution in [3.8, 4) is 5.75 Å². The van der Waals surface area contributed by atoms with E-state index in [1.165, 1.54) is 68.8 Å². The zero-order valence-electron chi connectivity index (χ0n) is 18.7. The number of anilines is 2.